The zero-order valence-corrected chi connectivity index (χ0v) is 9.12. The molecule has 0 aliphatic rings. The molecule has 0 atom stereocenters. The van der Waals surface area contributed by atoms with Crippen LogP contribution in [0.5, 0.6) is 5.75 Å². The molecule has 1 aromatic heterocycles. The average molecular weight is 328 g/mol. The van der Waals surface area contributed by atoms with Crippen molar-refractivity contribution >= 4 is 10.9 Å². The molecule has 0 spiro atoms. The molecule has 0 aliphatic heterocycles. The number of benzene rings is 1. The molecule has 0 unspecified atom stereocenters. The van der Waals surface area contributed by atoms with Gasteiger partial charge in [-0.3, -0.25) is 0 Å². The van der Waals surface area contributed by atoms with Crippen molar-refractivity contribution in [1.29, 1.82) is 0 Å². The van der Waals surface area contributed by atoms with Crippen LogP contribution in [0.4, 0.5) is 0 Å². The maximum absolute atomic E-state index is 9.30. The number of fused-ring (bicyclic) bond motifs is 1. The Balaban J connectivity index is 0.000000720. The quantitative estimate of drug-likeness (QED) is 0.748. The molecule has 0 bridgehead atoms. The van der Waals surface area contributed by atoms with Gasteiger partial charge in [0.15, 0.2) is 0 Å². The number of para-hydroxylation sites is 1. The van der Waals surface area contributed by atoms with E-state index in [0.29, 0.717) is 0 Å². The fourth-order valence-electron chi connectivity index (χ4n) is 1.03. The molecule has 3 heteroatoms. The predicted octanol–water partition coefficient (Wildman–Crippen LogP) is 1.74. The van der Waals surface area contributed by atoms with Gasteiger partial charge in [0.05, 0.1) is 0 Å². The molecule has 60 valence electrons. The van der Waals surface area contributed by atoms with Gasteiger partial charge in [-0.15, -0.1) is 6.07 Å². The molecule has 0 amide bonds. The van der Waals surface area contributed by atoms with Crippen molar-refractivity contribution in [2.75, 3.05) is 0 Å². The monoisotopic (exact) mass is 328 g/mol. The second kappa shape index (κ2) is 3.68. The van der Waals surface area contributed by atoms with E-state index in [2.05, 4.69) is 11.2 Å². The first-order valence-corrected chi connectivity index (χ1v) is 3.33. The fourth-order valence-corrected chi connectivity index (χ4v) is 1.03. The second-order valence-electron chi connectivity index (χ2n) is 2.29. The zero-order valence-electron chi connectivity index (χ0n) is 6.19. The predicted molar refractivity (Wildman–Crippen MR) is 42.2 cm³/mol. The first-order valence-electron chi connectivity index (χ1n) is 3.33. The van der Waals surface area contributed by atoms with Gasteiger partial charge >= 0.3 is 0 Å². The summed E-state index contributed by atoms with van der Waals surface area (Å²) < 4.78 is 0. The van der Waals surface area contributed by atoms with Gasteiger partial charge in [0.25, 0.3) is 0 Å². The van der Waals surface area contributed by atoms with Gasteiger partial charge < -0.3 is 10.1 Å². The molecular formula is C9H6NOW-. The van der Waals surface area contributed by atoms with E-state index in [1.54, 1.807) is 0 Å². The fraction of sp³-hybridized carbons (Fsp3) is 0. The molecular weight excluding hydrogens is 322 g/mol. The maximum atomic E-state index is 9.30. The van der Waals surface area contributed by atoms with Gasteiger partial charge in [-0.1, -0.05) is 35.8 Å². The Morgan fingerprint density at radius 2 is 2.00 bits per heavy atom. The van der Waals surface area contributed by atoms with Crippen molar-refractivity contribution in [3.63, 3.8) is 0 Å². The molecule has 0 fully saturated rings. The average Bonchev–Trinajstić information content (AvgIpc) is 2.06. The van der Waals surface area contributed by atoms with Gasteiger partial charge in [-0.2, -0.15) is 0 Å². The number of nitrogens with zero attached hydrogens (tertiary/aromatic N) is 1. The number of aromatic nitrogens is 1. The Kier molecular flexibility index (Phi) is 2.82. The summed E-state index contributed by atoms with van der Waals surface area (Å²) in [5, 5.41) is 10.1. The summed E-state index contributed by atoms with van der Waals surface area (Å²) in [7, 11) is 0. The normalized spacial score (nSPS) is 9.33. The summed E-state index contributed by atoms with van der Waals surface area (Å²) in [6.07, 6.45) is 2.60. The smallest absolute Gasteiger partial charge is 0.0138 e. The summed E-state index contributed by atoms with van der Waals surface area (Å²) in [4.78, 5) is 3.96. The molecule has 1 aromatic carbocycles. The molecule has 0 saturated carbocycles. The van der Waals surface area contributed by atoms with Crippen molar-refractivity contribution in [3.05, 3.63) is 36.5 Å². The third kappa shape index (κ3) is 1.48. The molecule has 1 N–H and O–H groups in total. The van der Waals surface area contributed by atoms with Crippen LogP contribution < -0.4 is 0 Å². The van der Waals surface area contributed by atoms with Crippen LogP contribution in [-0.2, 0) is 21.1 Å². The van der Waals surface area contributed by atoms with Crippen molar-refractivity contribution < 1.29 is 26.2 Å². The van der Waals surface area contributed by atoms with Crippen LogP contribution in [0.3, 0.4) is 0 Å². The SMILES string of the molecule is Oc1c[c-]nc2ccccc12.[W]. The van der Waals surface area contributed by atoms with Crippen LogP contribution in [0.2, 0.25) is 0 Å². The van der Waals surface area contributed by atoms with Crippen LogP contribution in [-0.4, -0.2) is 10.1 Å². The summed E-state index contributed by atoms with van der Waals surface area (Å²) in [6, 6.07) is 8.87. The molecule has 2 rings (SSSR count). The summed E-state index contributed by atoms with van der Waals surface area (Å²) in [5.74, 6) is 0.232. The molecule has 0 saturated heterocycles. The third-order valence-corrected chi connectivity index (χ3v) is 1.57. The van der Waals surface area contributed by atoms with Gasteiger partial charge in [0.1, 0.15) is 0 Å². The van der Waals surface area contributed by atoms with Gasteiger partial charge in [-0.25, -0.2) is 0 Å². The van der Waals surface area contributed by atoms with E-state index in [1.807, 2.05) is 24.3 Å². The maximum Gasteiger partial charge on any atom is 0.0138 e. The van der Waals surface area contributed by atoms with Crippen LogP contribution >= 0.6 is 0 Å². The number of pyridine rings is 1. The summed E-state index contributed by atoms with van der Waals surface area (Å²) >= 11 is 0. The topological polar surface area (TPSA) is 33.1 Å². The largest absolute Gasteiger partial charge is 0.565 e. The first-order chi connectivity index (χ1) is 5.38. The van der Waals surface area contributed by atoms with Crippen LogP contribution in [0, 0.1) is 6.20 Å². The number of aromatic hydroxyl groups is 1. The number of hydrogen-bond donors (Lipinski definition) is 1. The van der Waals surface area contributed by atoms with Crippen molar-refractivity contribution in [1.82, 2.24) is 4.98 Å². The Labute approximate surface area is 84.5 Å². The van der Waals surface area contributed by atoms with Crippen LogP contribution in [0.15, 0.2) is 30.3 Å². The Morgan fingerprint density at radius 1 is 1.25 bits per heavy atom. The van der Waals surface area contributed by atoms with Crippen molar-refractivity contribution in [2.45, 2.75) is 0 Å². The minimum Gasteiger partial charge on any atom is -0.565 e. The second-order valence-corrected chi connectivity index (χ2v) is 2.29. The molecule has 12 heavy (non-hydrogen) atoms. The Morgan fingerprint density at radius 3 is 2.75 bits per heavy atom. The van der Waals surface area contributed by atoms with Crippen molar-refractivity contribution in [3.8, 4) is 5.75 Å². The molecule has 2 nitrogen and oxygen atoms in total. The van der Waals surface area contributed by atoms with Gasteiger partial charge in [0.2, 0.25) is 0 Å². The van der Waals surface area contributed by atoms with E-state index in [0.717, 1.165) is 10.9 Å². The van der Waals surface area contributed by atoms with E-state index in [1.165, 1.54) is 6.07 Å². The minimum atomic E-state index is 0. The van der Waals surface area contributed by atoms with Crippen LogP contribution in [0.25, 0.3) is 10.9 Å². The summed E-state index contributed by atoms with van der Waals surface area (Å²) in [6.45, 7) is 0. The Hall–Kier alpha value is -0.882. The third-order valence-electron chi connectivity index (χ3n) is 1.57. The van der Waals surface area contributed by atoms with Crippen molar-refractivity contribution in [2.24, 2.45) is 0 Å². The van der Waals surface area contributed by atoms with E-state index in [-0.39, 0.29) is 26.8 Å². The van der Waals surface area contributed by atoms with E-state index >= 15 is 0 Å². The van der Waals surface area contributed by atoms with Crippen LogP contribution in [0.1, 0.15) is 0 Å². The van der Waals surface area contributed by atoms with E-state index in [9.17, 15) is 5.11 Å². The molecule has 1 heterocycles. The first kappa shape index (κ1) is 9.21. The standard InChI is InChI=1S/C9H6NO.W/c11-9-5-6-10-8-4-2-1-3-7(8)9;/h1-5H,(H,10,11);/q-1;. The zero-order chi connectivity index (χ0) is 7.68. The van der Waals surface area contributed by atoms with E-state index < -0.39 is 0 Å². The minimum absolute atomic E-state index is 0. The Bertz CT molecular complexity index is 384. The van der Waals surface area contributed by atoms with Gasteiger partial charge in [0, 0.05) is 26.8 Å². The molecule has 0 radical (unpaired) electrons. The summed E-state index contributed by atoms with van der Waals surface area (Å²) in [5.41, 5.74) is 0.771. The van der Waals surface area contributed by atoms with E-state index in [4.69, 9.17) is 0 Å². The molecule has 0 aliphatic carbocycles. The number of rotatable bonds is 0. The van der Waals surface area contributed by atoms with Gasteiger partial charge in [-0.05, 0) is 5.52 Å². The number of hydrogen-bond acceptors (Lipinski definition) is 2. The molecule has 2 aromatic rings.